The molecule has 0 atom stereocenters. The minimum Gasteiger partial charge on any atom is -0.481 e. The highest BCUT2D eigenvalue weighted by atomic mass is 16.4. The zero-order valence-electron chi connectivity index (χ0n) is 9.27. The number of H-pyrrole nitrogens is 1. The van der Waals surface area contributed by atoms with E-state index in [2.05, 4.69) is 9.97 Å². The van der Waals surface area contributed by atoms with Gasteiger partial charge in [-0.2, -0.15) is 0 Å². The second kappa shape index (κ2) is 3.35. The Bertz CT molecular complexity index is 724. The molecule has 0 aliphatic carbocycles. The Morgan fingerprint density at radius 2 is 2.35 bits per heavy atom. The number of carbonyl (C=O) groups is 1. The molecule has 5 heteroatoms. The molecule has 3 rings (SSSR count). The van der Waals surface area contributed by atoms with Crippen molar-refractivity contribution in [2.24, 2.45) is 0 Å². The predicted molar refractivity (Wildman–Crippen MR) is 63.1 cm³/mol. The molecule has 3 aromatic rings. The molecule has 1 aromatic carbocycles. The van der Waals surface area contributed by atoms with Crippen molar-refractivity contribution in [2.75, 3.05) is 0 Å². The summed E-state index contributed by atoms with van der Waals surface area (Å²) in [5.74, 6) is -0.170. The molecule has 17 heavy (non-hydrogen) atoms. The largest absolute Gasteiger partial charge is 0.481 e. The molecular weight excluding hydrogens is 218 g/mol. The van der Waals surface area contributed by atoms with Crippen LogP contribution in [0.15, 0.2) is 24.4 Å². The molecular formula is C12H11N3O2. The van der Waals surface area contributed by atoms with Gasteiger partial charge in [-0.05, 0) is 24.6 Å². The molecule has 2 heterocycles. The lowest BCUT2D eigenvalue weighted by molar-refractivity contribution is -0.136. The highest BCUT2D eigenvalue weighted by Crippen LogP contribution is 2.18. The number of fused-ring (bicyclic) bond motifs is 3. The normalized spacial score (nSPS) is 11.4. The lowest BCUT2D eigenvalue weighted by atomic mass is 10.2. The Morgan fingerprint density at radius 1 is 1.53 bits per heavy atom. The number of nitrogens with one attached hydrogen (secondary N) is 1. The van der Waals surface area contributed by atoms with Crippen molar-refractivity contribution in [3.63, 3.8) is 0 Å². The van der Waals surface area contributed by atoms with Crippen LogP contribution >= 0.6 is 0 Å². The zero-order chi connectivity index (χ0) is 12.0. The SMILES string of the molecule is Cc1ccc2nc3[nH]c(CC(=O)O)cn3c2c1. The van der Waals surface area contributed by atoms with Crippen molar-refractivity contribution in [2.45, 2.75) is 13.3 Å². The summed E-state index contributed by atoms with van der Waals surface area (Å²) < 4.78 is 1.89. The van der Waals surface area contributed by atoms with Crippen molar-refractivity contribution in [3.05, 3.63) is 35.7 Å². The van der Waals surface area contributed by atoms with Gasteiger partial charge in [-0.25, -0.2) is 4.98 Å². The topological polar surface area (TPSA) is 70.4 Å². The molecule has 5 nitrogen and oxygen atoms in total. The minimum absolute atomic E-state index is 0.0172. The Balaban J connectivity index is 2.23. The molecule has 0 bridgehead atoms. The van der Waals surface area contributed by atoms with Crippen LogP contribution in [0.25, 0.3) is 16.8 Å². The fraction of sp³-hybridized carbons (Fsp3) is 0.167. The first-order chi connectivity index (χ1) is 8.13. The maximum absolute atomic E-state index is 10.6. The van der Waals surface area contributed by atoms with Gasteiger partial charge in [0.2, 0.25) is 5.78 Å². The van der Waals surface area contributed by atoms with E-state index < -0.39 is 5.97 Å². The van der Waals surface area contributed by atoms with Gasteiger partial charge in [0.1, 0.15) is 0 Å². The maximum atomic E-state index is 10.6. The lowest BCUT2D eigenvalue weighted by Gasteiger charge is -1.93. The Labute approximate surface area is 96.7 Å². The number of benzene rings is 1. The molecule has 0 fully saturated rings. The van der Waals surface area contributed by atoms with Crippen molar-refractivity contribution < 1.29 is 9.90 Å². The van der Waals surface area contributed by atoms with Gasteiger partial charge in [-0.1, -0.05) is 6.07 Å². The van der Waals surface area contributed by atoms with Crippen LogP contribution < -0.4 is 0 Å². The lowest BCUT2D eigenvalue weighted by Crippen LogP contribution is -1.99. The number of imidazole rings is 2. The Hall–Kier alpha value is -2.30. The molecule has 0 aliphatic rings. The number of carboxylic acids is 1. The van der Waals surface area contributed by atoms with Gasteiger partial charge in [0.05, 0.1) is 17.5 Å². The van der Waals surface area contributed by atoms with Crippen molar-refractivity contribution in [1.29, 1.82) is 0 Å². The monoisotopic (exact) mass is 229 g/mol. The number of rotatable bonds is 2. The first kappa shape index (κ1) is 9.89. The fourth-order valence-electron chi connectivity index (χ4n) is 2.01. The van der Waals surface area contributed by atoms with Gasteiger partial charge in [-0.15, -0.1) is 0 Å². The van der Waals surface area contributed by atoms with Gasteiger partial charge in [0, 0.05) is 11.9 Å². The van der Waals surface area contributed by atoms with E-state index in [1.54, 1.807) is 6.20 Å². The third-order valence-corrected chi connectivity index (χ3v) is 2.74. The molecule has 0 saturated heterocycles. The zero-order valence-corrected chi connectivity index (χ0v) is 9.27. The smallest absolute Gasteiger partial charge is 0.309 e. The van der Waals surface area contributed by atoms with E-state index >= 15 is 0 Å². The highest BCUT2D eigenvalue weighted by molar-refractivity contribution is 5.80. The highest BCUT2D eigenvalue weighted by Gasteiger charge is 2.09. The predicted octanol–water partition coefficient (Wildman–Crippen LogP) is 1.75. The van der Waals surface area contributed by atoms with E-state index in [1.807, 2.05) is 29.5 Å². The Kier molecular flexibility index (Phi) is 1.95. The summed E-state index contributed by atoms with van der Waals surface area (Å²) >= 11 is 0. The first-order valence-electron chi connectivity index (χ1n) is 5.31. The van der Waals surface area contributed by atoms with Crippen molar-refractivity contribution in [3.8, 4) is 0 Å². The number of carboxylic acid groups (broad SMARTS) is 1. The van der Waals surface area contributed by atoms with Crippen molar-refractivity contribution in [1.82, 2.24) is 14.4 Å². The van der Waals surface area contributed by atoms with E-state index in [1.165, 1.54) is 0 Å². The average Bonchev–Trinajstić information content (AvgIpc) is 2.74. The third kappa shape index (κ3) is 1.56. The summed E-state index contributed by atoms with van der Waals surface area (Å²) in [6, 6.07) is 6.00. The van der Waals surface area contributed by atoms with Gasteiger partial charge in [0.15, 0.2) is 0 Å². The van der Waals surface area contributed by atoms with Gasteiger partial charge < -0.3 is 10.1 Å². The molecule has 2 N–H and O–H groups in total. The molecule has 0 unspecified atom stereocenters. The van der Waals surface area contributed by atoms with Gasteiger partial charge in [0.25, 0.3) is 0 Å². The van der Waals surface area contributed by atoms with E-state index in [0.717, 1.165) is 16.6 Å². The molecule has 86 valence electrons. The van der Waals surface area contributed by atoms with Crippen LogP contribution in [0.4, 0.5) is 0 Å². The van der Waals surface area contributed by atoms with E-state index in [-0.39, 0.29) is 6.42 Å². The summed E-state index contributed by atoms with van der Waals surface area (Å²) in [6.45, 7) is 2.02. The maximum Gasteiger partial charge on any atom is 0.309 e. The summed E-state index contributed by atoms with van der Waals surface area (Å²) in [7, 11) is 0. The quantitative estimate of drug-likeness (QED) is 0.703. The summed E-state index contributed by atoms with van der Waals surface area (Å²) in [6.07, 6.45) is 1.77. The standard InChI is InChI=1S/C12H11N3O2/c1-7-2-3-9-10(4-7)15-6-8(5-11(16)17)13-12(15)14-9/h2-4,6H,5H2,1H3,(H,13,14)(H,16,17). The van der Waals surface area contributed by atoms with Crippen LogP contribution in [0.2, 0.25) is 0 Å². The first-order valence-corrected chi connectivity index (χ1v) is 5.31. The second-order valence-corrected chi connectivity index (χ2v) is 4.15. The number of nitrogens with zero attached hydrogens (tertiary/aromatic N) is 2. The minimum atomic E-state index is -0.852. The number of aryl methyl sites for hydroxylation is 1. The van der Waals surface area contributed by atoms with Crippen LogP contribution in [0.3, 0.4) is 0 Å². The van der Waals surface area contributed by atoms with Gasteiger partial charge >= 0.3 is 5.97 Å². The molecule has 0 radical (unpaired) electrons. The van der Waals surface area contributed by atoms with E-state index in [9.17, 15) is 4.79 Å². The van der Waals surface area contributed by atoms with Crippen LogP contribution in [0.5, 0.6) is 0 Å². The number of hydrogen-bond acceptors (Lipinski definition) is 2. The number of hydrogen-bond donors (Lipinski definition) is 2. The van der Waals surface area contributed by atoms with Crippen LogP contribution in [0, 0.1) is 6.92 Å². The molecule has 0 spiro atoms. The second-order valence-electron chi connectivity index (χ2n) is 4.15. The van der Waals surface area contributed by atoms with Crippen LogP contribution in [-0.2, 0) is 11.2 Å². The summed E-state index contributed by atoms with van der Waals surface area (Å²) in [4.78, 5) is 18.0. The summed E-state index contributed by atoms with van der Waals surface area (Å²) in [5.41, 5.74) is 3.71. The fourth-order valence-corrected chi connectivity index (χ4v) is 2.01. The average molecular weight is 229 g/mol. The number of aromatic amines is 1. The van der Waals surface area contributed by atoms with Gasteiger partial charge in [-0.3, -0.25) is 9.20 Å². The molecule has 2 aromatic heterocycles. The van der Waals surface area contributed by atoms with Crippen molar-refractivity contribution >= 4 is 22.8 Å². The third-order valence-electron chi connectivity index (χ3n) is 2.74. The number of aliphatic carboxylic acids is 1. The number of aromatic nitrogens is 3. The Morgan fingerprint density at radius 3 is 3.12 bits per heavy atom. The molecule has 0 amide bonds. The molecule has 0 aliphatic heterocycles. The van der Waals surface area contributed by atoms with E-state index in [0.29, 0.717) is 11.5 Å². The van der Waals surface area contributed by atoms with Crippen LogP contribution in [-0.4, -0.2) is 25.4 Å². The van der Waals surface area contributed by atoms with Crippen LogP contribution in [0.1, 0.15) is 11.3 Å². The summed E-state index contributed by atoms with van der Waals surface area (Å²) in [5, 5.41) is 8.74. The van der Waals surface area contributed by atoms with E-state index in [4.69, 9.17) is 5.11 Å². The molecule has 0 saturated carbocycles.